The molecule has 1 aromatic carbocycles. The van der Waals surface area contributed by atoms with Gasteiger partial charge in [-0.05, 0) is 30.4 Å². The summed E-state index contributed by atoms with van der Waals surface area (Å²) in [5.41, 5.74) is -0.410. The van der Waals surface area contributed by atoms with Gasteiger partial charge in [0.05, 0.1) is 11.4 Å². The quantitative estimate of drug-likeness (QED) is 0.560. The summed E-state index contributed by atoms with van der Waals surface area (Å²) in [6.07, 6.45) is -2.41. The van der Waals surface area contributed by atoms with Crippen molar-refractivity contribution in [3.8, 4) is 0 Å². The largest absolute Gasteiger partial charge is 0.465 e. The third-order valence-electron chi connectivity index (χ3n) is 4.71. The fourth-order valence-corrected chi connectivity index (χ4v) is 3.87. The second-order valence-electron chi connectivity index (χ2n) is 6.51. The lowest BCUT2D eigenvalue weighted by Gasteiger charge is -2.37. The Morgan fingerprint density at radius 2 is 1.90 bits per heavy atom. The van der Waals surface area contributed by atoms with E-state index in [1.54, 1.807) is 16.8 Å². The highest BCUT2D eigenvalue weighted by molar-refractivity contribution is 7.08. The zero-order chi connectivity index (χ0) is 21.1. The van der Waals surface area contributed by atoms with E-state index in [9.17, 15) is 28.6 Å². The monoisotopic (exact) mass is 427 g/mol. The average molecular weight is 427 g/mol. The van der Waals surface area contributed by atoms with Gasteiger partial charge in [-0.15, -0.1) is 0 Å². The van der Waals surface area contributed by atoms with Crippen LogP contribution in [-0.4, -0.2) is 51.5 Å². The molecular weight excluding hydrogens is 408 g/mol. The number of urea groups is 1. The van der Waals surface area contributed by atoms with Crippen LogP contribution in [0.2, 0.25) is 0 Å². The first-order valence-electron chi connectivity index (χ1n) is 8.73. The molecule has 3 amide bonds. The Labute approximate surface area is 168 Å². The Morgan fingerprint density at radius 1 is 1.21 bits per heavy atom. The summed E-state index contributed by atoms with van der Waals surface area (Å²) >= 11 is 1.36. The molecule has 1 aliphatic rings. The smallest absolute Gasteiger partial charge is 0.407 e. The predicted molar refractivity (Wildman–Crippen MR) is 102 cm³/mol. The van der Waals surface area contributed by atoms with Crippen molar-refractivity contribution >= 4 is 34.8 Å². The number of rotatable bonds is 4. The Kier molecular flexibility index (Phi) is 6.30. The summed E-state index contributed by atoms with van der Waals surface area (Å²) < 4.78 is 27.8. The van der Waals surface area contributed by atoms with Crippen LogP contribution in [0.4, 0.5) is 29.7 Å². The van der Waals surface area contributed by atoms with E-state index in [2.05, 4.69) is 5.32 Å². The van der Waals surface area contributed by atoms with Gasteiger partial charge in [-0.25, -0.2) is 18.4 Å². The highest BCUT2D eigenvalue weighted by atomic mass is 32.1. The fourth-order valence-electron chi connectivity index (χ4n) is 3.24. The second kappa shape index (κ2) is 8.72. The van der Waals surface area contributed by atoms with Gasteiger partial charge >= 0.3 is 12.1 Å². The summed E-state index contributed by atoms with van der Waals surface area (Å²) in [5, 5.41) is 33.4. The Balaban J connectivity index is 1.84. The normalized spacial score (nSPS) is 14.9. The lowest BCUT2D eigenvalue weighted by molar-refractivity contribution is -0.0449. The summed E-state index contributed by atoms with van der Waals surface area (Å²) in [4.78, 5) is 26.7. The van der Waals surface area contributed by atoms with E-state index in [0.29, 0.717) is 24.6 Å². The lowest BCUT2D eigenvalue weighted by atomic mass is 10.0. The van der Waals surface area contributed by atoms with Gasteiger partial charge in [0.25, 0.3) is 0 Å². The molecule has 1 aromatic heterocycles. The molecule has 8 nitrogen and oxygen atoms in total. The number of carbonyl (C=O) groups excluding carboxylic acids is 1. The van der Waals surface area contributed by atoms with Crippen LogP contribution >= 0.6 is 11.3 Å². The van der Waals surface area contributed by atoms with E-state index >= 15 is 0 Å². The Bertz CT molecular complexity index is 886. The van der Waals surface area contributed by atoms with Crippen molar-refractivity contribution in [2.24, 2.45) is 0 Å². The average Bonchev–Trinajstić information content (AvgIpc) is 3.18. The number of aliphatic hydroxyl groups excluding tert-OH is 1. The van der Waals surface area contributed by atoms with Crippen LogP contribution in [0, 0.1) is 11.6 Å². The molecule has 0 unspecified atom stereocenters. The molecule has 0 saturated carbocycles. The van der Waals surface area contributed by atoms with E-state index in [-0.39, 0.29) is 19.1 Å². The molecule has 1 fully saturated rings. The van der Waals surface area contributed by atoms with Crippen LogP contribution in [0.25, 0.3) is 0 Å². The number of halogens is 2. The molecule has 0 aliphatic carbocycles. The summed E-state index contributed by atoms with van der Waals surface area (Å²) in [6, 6.07) is 1.97. The standard InChI is InChI=1S/C18H19F2N3O5S/c19-13-8-14(20)15(7-12(13)16(24)25)21-17(26)23(11-3-6-29-9-11)10-1-4-22(5-2-10)18(27)28/h3,6-10,16,24-25H,1-2,4-5H2,(H,21,26)(H,27,28). The number of aliphatic hydroxyl groups is 2. The maximum absolute atomic E-state index is 14.1. The predicted octanol–water partition coefficient (Wildman–Crippen LogP) is 3.19. The lowest BCUT2D eigenvalue weighted by Crippen LogP contribution is -2.50. The van der Waals surface area contributed by atoms with Gasteiger partial charge in [0, 0.05) is 36.1 Å². The topological polar surface area (TPSA) is 113 Å². The summed E-state index contributed by atoms with van der Waals surface area (Å²) in [6.45, 7) is 0.499. The molecule has 11 heteroatoms. The molecule has 0 spiro atoms. The SMILES string of the molecule is O=C(O)N1CCC(N(C(=O)Nc2cc(C(O)O)c(F)cc2F)c2ccsc2)CC1. The van der Waals surface area contributed by atoms with Gasteiger partial charge in [-0.1, -0.05) is 0 Å². The molecule has 156 valence electrons. The van der Waals surface area contributed by atoms with Crippen LogP contribution in [0.3, 0.4) is 0 Å². The zero-order valence-corrected chi connectivity index (χ0v) is 15.9. The third-order valence-corrected chi connectivity index (χ3v) is 5.38. The molecule has 1 saturated heterocycles. The van der Waals surface area contributed by atoms with Crippen molar-refractivity contribution in [1.82, 2.24) is 4.90 Å². The number of hydrogen-bond acceptors (Lipinski definition) is 5. The van der Waals surface area contributed by atoms with Crippen LogP contribution in [0.15, 0.2) is 29.0 Å². The summed E-state index contributed by atoms with van der Waals surface area (Å²) in [5.74, 6) is -2.21. The first kappa shape index (κ1) is 21.0. The highest BCUT2D eigenvalue weighted by Gasteiger charge is 2.31. The van der Waals surface area contributed by atoms with Gasteiger partial charge in [0.15, 0.2) is 6.29 Å². The minimum absolute atomic E-state index is 0.250. The number of carboxylic acid groups (broad SMARTS) is 1. The number of likely N-dealkylation sites (tertiary alicyclic amines) is 1. The van der Waals surface area contributed by atoms with E-state index in [1.807, 2.05) is 0 Å². The molecule has 2 aromatic rings. The maximum Gasteiger partial charge on any atom is 0.407 e. The van der Waals surface area contributed by atoms with E-state index in [1.165, 1.54) is 21.1 Å². The Morgan fingerprint density at radius 3 is 2.45 bits per heavy atom. The minimum Gasteiger partial charge on any atom is -0.465 e. The van der Waals surface area contributed by atoms with E-state index in [4.69, 9.17) is 5.11 Å². The van der Waals surface area contributed by atoms with Crippen LogP contribution in [0.5, 0.6) is 0 Å². The first-order valence-corrected chi connectivity index (χ1v) is 9.67. The van der Waals surface area contributed by atoms with Crippen molar-refractivity contribution in [2.75, 3.05) is 23.3 Å². The molecule has 1 aliphatic heterocycles. The third kappa shape index (κ3) is 4.63. The van der Waals surface area contributed by atoms with Crippen LogP contribution in [0.1, 0.15) is 24.7 Å². The molecule has 29 heavy (non-hydrogen) atoms. The molecule has 4 N–H and O–H groups in total. The number of hydrogen-bond donors (Lipinski definition) is 4. The van der Waals surface area contributed by atoms with Crippen molar-refractivity contribution in [3.05, 3.63) is 46.2 Å². The molecule has 3 rings (SSSR count). The number of anilines is 2. The summed E-state index contributed by atoms with van der Waals surface area (Å²) in [7, 11) is 0. The molecule has 0 atom stereocenters. The first-order chi connectivity index (χ1) is 13.8. The van der Waals surface area contributed by atoms with E-state index in [0.717, 1.165) is 6.07 Å². The van der Waals surface area contributed by atoms with Crippen molar-refractivity contribution in [1.29, 1.82) is 0 Å². The fraction of sp³-hybridized carbons (Fsp3) is 0.333. The van der Waals surface area contributed by atoms with Gasteiger partial charge in [-0.2, -0.15) is 11.3 Å². The molecule has 0 radical (unpaired) electrons. The number of carbonyl (C=O) groups is 2. The molecule has 0 bridgehead atoms. The van der Waals surface area contributed by atoms with E-state index < -0.39 is 41.3 Å². The number of piperidine rings is 1. The second-order valence-corrected chi connectivity index (χ2v) is 7.29. The molecule has 2 heterocycles. The van der Waals surface area contributed by atoms with Gasteiger partial charge in [0.1, 0.15) is 11.6 Å². The Hall–Kier alpha value is -2.76. The number of nitrogens with zero attached hydrogens (tertiary/aromatic N) is 2. The highest BCUT2D eigenvalue weighted by Crippen LogP contribution is 2.28. The van der Waals surface area contributed by atoms with Gasteiger partial charge in [-0.3, -0.25) is 4.90 Å². The van der Waals surface area contributed by atoms with Gasteiger partial charge in [0.2, 0.25) is 0 Å². The minimum atomic E-state index is -2.17. The molecular formula is C18H19F2N3O5S. The zero-order valence-electron chi connectivity index (χ0n) is 15.1. The van der Waals surface area contributed by atoms with Gasteiger partial charge < -0.3 is 25.5 Å². The van der Waals surface area contributed by atoms with Crippen LogP contribution in [-0.2, 0) is 0 Å². The number of thiophene rings is 1. The number of benzene rings is 1. The van der Waals surface area contributed by atoms with Crippen molar-refractivity contribution < 1.29 is 33.7 Å². The maximum atomic E-state index is 14.1. The van der Waals surface area contributed by atoms with Crippen molar-refractivity contribution in [3.63, 3.8) is 0 Å². The number of nitrogens with one attached hydrogen (secondary N) is 1. The number of amides is 3. The van der Waals surface area contributed by atoms with Crippen LogP contribution < -0.4 is 10.2 Å². The van der Waals surface area contributed by atoms with Crippen molar-refractivity contribution in [2.45, 2.75) is 25.2 Å².